The van der Waals surface area contributed by atoms with E-state index in [9.17, 15) is 4.79 Å². The molecule has 0 spiro atoms. The van der Waals surface area contributed by atoms with E-state index < -0.39 is 5.97 Å². The van der Waals surface area contributed by atoms with E-state index in [1.165, 1.54) is 0 Å². The maximum absolute atomic E-state index is 10.7. The average Bonchev–Trinajstić information content (AvgIpc) is 2.99. The van der Waals surface area contributed by atoms with E-state index in [4.69, 9.17) is 5.11 Å². The van der Waals surface area contributed by atoms with Crippen LogP contribution in [0.4, 0.5) is 0 Å². The number of nitrogens with zero attached hydrogens (tertiary/aromatic N) is 4. The third kappa shape index (κ3) is 3.57. The molecule has 0 unspecified atom stereocenters. The molecule has 0 aliphatic carbocycles. The van der Waals surface area contributed by atoms with E-state index in [-0.39, 0.29) is 5.75 Å². The number of aliphatic carboxylic acids is 1. The van der Waals surface area contributed by atoms with Gasteiger partial charge in [0.15, 0.2) is 0 Å². The van der Waals surface area contributed by atoms with Crippen LogP contribution in [0.5, 0.6) is 0 Å². The summed E-state index contributed by atoms with van der Waals surface area (Å²) in [5.41, 5.74) is 3.68. The molecule has 0 saturated heterocycles. The molecule has 1 aromatic carbocycles. The van der Waals surface area contributed by atoms with E-state index in [1.54, 1.807) is 18.6 Å². The third-order valence-corrected chi connectivity index (χ3v) is 4.11. The van der Waals surface area contributed by atoms with Crippen molar-refractivity contribution in [1.82, 2.24) is 19.7 Å². The van der Waals surface area contributed by atoms with Gasteiger partial charge < -0.3 is 5.11 Å². The van der Waals surface area contributed by atoms with Crippen LogP contribution >= 0.6 is 11.8 Å². The van der Waals surface area contributed by atoms with Crippen molar-refractivity contribution < 1.29 is 9.90 Å². The molecule has 2 heterocycles. The van der Waals surface area contributed by atoms with Crippen molar-refractivity contribution in [2.75, 3.05) is 5.75 Å². The Balaban J connectivity index is 1.92. The summed E-state index contributed by atoms with van der Waals surface area (Å²) in [5.74, 6) is -0.909. The van der Waals surface area contributed by atoms with Gasteiger partial charge >= 0.3 is 5.97 Å². The van der Waals surface area contributed by atoms with E-state index >= 15 is 0 Å². The third-order valence-electron chi connectivity index (χ3n) is 3.23. The number of aromatic nitrogens is 4. The number of hydrogen-bond acceptors (Lipinski definition) is 5. The van der Waals surface area contributed by atoms with Gasteiger partial charge in [0.05, 0.1) is 29.5 Å². The van der Waals surface area contributed by atoms with Crippen LogP contribution < -0.4 is 0 Å². The number of benzene rings is 1. The predicted octanol–water partition coefficient (Wildman–Crippen LogP) is 2.72. The fraction of sp³-hybridized carbons (Fsp3) is 0.125. The van der Waals surface area contributed by atoms with Crippen LogP contribution in [0.25, 0.3) is 22.5 Å². The summed E-state index contributed by atoms with van der Waals surface area (Å²) < 4.78 is 1.81. The monoisotopic (exact) mass is 326 g/mol. The number of carbonyl (C=O) groups is 1. The first kappa shape index (κ1) is 15.2. The molecule has 0 saturated carbocycles. The molecule has 0 bridgehead atoms. The Morgan fingerprint density at radius 3 is 2.83 bits per heavy atom. The van der Waals surface area contributed by atoms with Crippen molar-refractivity contribution >= 4 is 17.7 Å². The zero-order valence-corrected chi connectivity index (χ0v) is 13.2. The second-order valence-electron chi connectivity index (χ2n) is 4.85. The Morgan fingerprint density at radius 1 is 1.26 bits per heavy atom. The Bertz CT molecular complexity index is 847. The lowest BCUT2D eigenvalue weighted by molar-refractivity contribution is -0.133. The van der Waals surface area contributed by atoms with Crippen LogP contribution in [-0.2, 0) is 11.8 Å². The van der Waals surface area contributed by atoms with Gasteiger partial charge in [0.1, 0.15) is 5.03 Å². The molecular weight excluding hydrogens is 312 g/mol. The minimum atomic E-state index is -0.875. The van der Waals surface area contributed by atoms with Crippen LogP contribution in [0, 0.1) is 0 Å². The molecule has 0 fully saturated rings. The van der Waals surface area contributed by atoms with Gasteiger partial charge in [-0.2, -0.15) is 5.10 Å². The normalized spacial score (nSPS) is 10.7. The Morgan fingerprint density at radius 2 is 2.09 bits per heavy atom. The van der Waals surface area contributed by atoms with Crippen molar-refractivity contribution in [3.63, 3.8) is 0 Å². The summed E-state index contributed by atoms with van der Waals surface area (Å²) in [5, 5.41) is 13.5. The van der Waals surface area contributed by atoms with Crippen LogP contribution in [0.2, 0.25) is 0 Å². The molecule has 7 heteroatoms. The predicted molar refractivity (Wildman–Crippen MR) is 88.0 cm³/mol. The lowest BCUT2D eigenvalue weighted by atomic mass is 10.1. The minimum absolute atomic E-state index is 0.0345. The SMILES string of the molecule is Cn1nccc1-c1cccc(-c2cncc(SCC(=O)O)n2)c1. The number of thioether (sulfide) groups is 1. The average molecular weight is 326 g/mol. The fourth-order valence-electron chi connectivity index (χ4n) is 2.19. The first-order valence-corrected chi connectivity index (χ1v) is 7.87. The number of aryl methyl sites for hydroxylation is 1. The van der Waals surface area contributed by atoms with Crippen LogP contribution in [0.1, 0.15) is 0 Å². The van der Waals surface area contributed by atoms with Gasteiger partial charge in [0, 0.05) is 24.4 Å². The largest absolute Gasteiger partial charge is 0.481 e. The Kier molecular flexibility index (Phi) is 4.38. The highest BCUT2D eigenvalue weighted by atomic mass is 32.2. The Hall–Kier alpha value is -2.67. The molecule has 23 heavy (non-hydrogen) atoms. The quantitative estimate of drug-likeness (QED) is 0.726. The van der Waals surface area contributed by atoms with E-state index in [1.807, 2.05) is 42.1 Å². The summed E-state index contributed by atoms with van der Waals surface area (Å²) >= 11 is 1.15. The second kappa shape index (κ2) is 6.62. The molecule has 2 aromatic heterocycles. The van der Waals surface area contributed by atoms with Gasteiger partial charge in [-0.1, -0.05) is 30.0 Å². The Labute approximate surface area is 137 Å². The van der Waals surface area contributed by atoms with Crippen LogP contribution in [0.3, 0.4) is 0 Å². The number of carboxylic acids is 1. The van der Waals surface area contributed by atoms with Gasteiger partial charge in [0.2, 0.25) is 0 Å². The first-order valence-electron chi connectivity index (χ1n) is 6.89. The maximum Gasteiger partial charge on any atom is 0.313 e. The van der Waals surface area contributed by atoms with Gasteiger partial charge in [-0.05, 0) is 12.1 Å². The summed E-state index contributed by atoms with van der Waals surface area (Å²) in [4.78, 5) is 19.3. The van der Waals surface area contributed by atoms with Crippen molar-refractivity contribution in [1.29, 1.82) is 0 Å². The summed E-state index contributed by atoms with van der Waals surface area (Å²) in [6, 6.07) is 9.89. The standard InChI is InChI=1S/C16H14N4O2S/c1-20-14(5-6-18-20)12-4-2-3-11(7-12)13-8-17-9-15(19-13)23-10-16(21)22/h2-9H,10H2,1H3,(H,21,22). The number of carboxylic acid groups (broad SMARTS) is 1. The molecule has 116 valence electrons. The lowest BCUT2D eigenvalue weighted by Crippen LogP contribution is -1.99. The van der Waals surface area contributed by atoms with Gasteiger partial charge in [-0.3, -0.25) is 14.5 Å². The summed E-state index contributed by atoms with van der Waals surface area (Å²) in [6.07, 6.45) is 5.00. The molecular formula is C16H14N4O2S. The molecule has 3 aromatic rings. The van der Waals surface area contributed by atoms with Gasteiger partial charge in [-0.25, -0.2) is 4.98 Å². The molecule has 0 aliphatic rings. The zero-order chi connectivity index (χ0) is 16.2. The molecule has 0 radical (unpaired) electrons. The topological polar surface area (TPSA) is 80.9 Å². The fourth-order valence-corrected chi connectivity index (χ4v) is 2.76. The number of hydrogen-bond donors (Lipinski definition) is 1. The highest BCUT2D eigenvalue weighted by Gasteiger charge is 2.08. The van der Waals surface area contributed by atoms with Crippen LogP contribution in [0.15, 0.2) is 53.9 Å². The molecule has 6 nitrogen and oxygen atoms in total. The van der Waals surface area contributed by atoms with Gasteiger partial charge in [-0.15, -0.1) is 0 Å². The van der Waals surface area contributed by atoms with Crippen LogP contribution in [-0.4, -0.2) is 36.6 Å². The van der Waals surface area contributed by atoms with E-state index in [0.717, 1.165) is 28.6 Å². The van der Waals surface area contributed by atoms with E-state index in [0.29, 0.717) is 10.7 Å². The first-order chi connectivity index (χ1) is 11.1. The molecule has 3 rings (SSSR count). The smallest absolute Gasteiger partial charge is 0.313 e. The highest BCUT2D eigenvalue weighted by Crippen LogP contribution is 2.26. The highest BCUT2D eigenvalue weighted by molar-refractivity contribution is 7.99. The molecule has 0 aliphatic heterocycles. The van der Waals surface area contributed by atoms with Crippen molar-refractivity contribution in [2.24, 2.45) is 7.05 Å². The summed E-state index contributed by atoms with van der Waals surface area (Å²) in [6.45, 7) is 0. The second-order valence-corrected chi connectivity index (χ2v) is 5.84. The zero-order valence-electron chi connectivity index (χ0n) is 12.4. The van der Waals surface area contributed by atoms with Crippen molar-refractivity contribution in [3.8, 4) is 22.5 Å². The minimum Gasteiger partial charge on any atom is -0.481 e. The van der Waals surface area contributed by atoms with Crippen molar-refractivity contribution in [3.05, 3.63) is 48.9 Å². The number of rotatable bonds is 5. The maximum atomic E-state index is 10.7. The molecule has 0 atom stereocenters. The molecule has 0 amide bonds. The van der Waals surface area contributed by atoms with E-state index in [2.05, 4.69) is 15.1 Å². The van der Waals surface area contributed by atoms with Gasteiger partial charge in [0.25, 0.3) is 0 Å². The van der Waals surface area contributed by atoms with Crippen molar-refractivity contribution in [2.45, 2.75) is 5.03 Å². The molecule has 1 N–H and O–H groups in total. The lowest BCUT2D eigenvalue weighted by Gasteiger charge is -2.06. The summed E-state index contributed by atoms with van der Waals surface area (Å²) in [7, 11) is 1.89.